The summed E-state index contributed by atoms with van der Waals surface area (Å²) in [5.74, 6) is 1.85. The molecule has 1 N–H and O–H groups in total. The van der Waals surface area contributed by atoms with Crippen LogP contribution in [0.25, 0.3) is 22.2 Å². The maximum Gasteiger partial charge on any atom is 0.161 e. The molecule has 5 heteroatoms. The van der Waals surface area contributed by atoms with Crippen LogP contribution in [0.4, 0.5) is 4.39 Å². The number of hydrogen-bond donors (Lipinski definition) is 1. The van der Waals surface area contributed by atoms with Gasteiger partial charge in [0.1, 0.15) is 5.82 Å². The van der Waals surface area contributed by atoms with Gasteiger partial charge in [-0.05, 0) is 85.8 Å². The Morgan fingerprint density at radius 2 is 1.77 bits per heavy atom. The first-order valence-corrected chi connectivity index (χ1v) is 11.3. The van der Waals surface area contributed by atoms with Gasteiger partial charge in [0.05, 0.1) is 19.9 Å². The van der Waals surface area contributed by atoms with Crippen LogP contribution in [-0.2, 0) is 0 Å². The first-order valence-electron chi connectivity index (χ1n) is 11.3. The first kappa shape index (κ1) is 21.7. The summed E-state index contributed by atoms with van der Waals surface area (Å²) < 4.78 is 26.1. The van der Waals surface area contributed by atoms with E-state index in [-0.39, 0.29) is 17.7 Å². The average molecular weight is 425 g/mol. The molecule has 0 unspecified atom stereocenters. The van der Waals surface area contributed by atoms with E-state index >= 15 is 4.39 Å². The number of benzene rings is 2. The normalized spacial score (nSPS) is 15.7. The molecule has 1 aliphatic heterocycles. The van der Waals surface area contributed by atoms with Crippen LogP contribution in [0.1, 0.15) is 56.6 Å². The molecular weight excluding hydrogens is 391 g/mol. The number of fused-ring (bicyclic) bond motifs is 1. The molecule has 0 saturated carbocycles. The van der Waals surface area contributed by atoms with Gasteiger partial charge < -0.3 is 19.4 Å². The highest BCUT2D eigenvalue weighted by Gasteiger charge is 2.25. The standard InChI is InChI=1S/C26H33FN2O2/c1-6-29-11-9-17(10-12-29)19-14-20-22(15-21(19)27)28-26(25(20)16(2)3)18-7-8-23(30-4)24(13-18)31-5/h7-8,13-17,28H,6,9-12H2,1-5H3. The van der Waals surface area contributed by atoms with Gasteiger partial charge in [-0.1, -0.05) is 20.8 Å². The highest BCUT2D eigenvalue weighted by atomic mass is 19.1. The Morgan fingerprint density at radius 1 is 1.06 bits per heavy atom. The van der Waals surface area contributed by atoms with Crippen LogP contribution in [0.3, 0.4) is 0 Å². The van der Waals surface area contributed by atoms with Gasteiger partial charge in [0, 0.05) is 16.5 Å². The highest BCUT2D eigenvalue weighted by Crippen LogP contribution is 2.41. The van der Waals surface area contributed by atoms with Gasteiger partial charge in [-0.3, -0.25) is 0 Å². The quantitative estimate of drug-likeness (QED) is 0.503. The number of aromatic nitrogens is 1. The zero-order chi connectivity index (χ0) is 22.1. The van der Waals surface area contributed by atoms with E-state index in [1.54, 1.807) is 20.3 Å². The summed E-state index contributed by atoms with van der Waals surface area (Å²) >= 11 is 0. The molecule has 4 nitrogen and oxygen atoms in total. The van der Waals surface area contributed by atoms with Gasteiger partial charge in [-0.2, -0.15) is 0 Å². The number of nitrogens with zero attached hydrogens (tertiary/aromatic N) is 1. The van der Waals surface area contributed by atoms with Gasteiger partial charge >= 0.3 is 0 Å². The lowest BCUT2D eigenvalue weighted by Crippen LogP contribution is -2.32. The van der Waals surface area contributed by atoms with Gasteiger partial charge in [-0.25, -0.2) is 4.39 Å². The van der Waals surface area contributed by atoms with E-state index in [2.05, 4.69) is 36.7 Å². The van der Waals surface area contributed by atoms with Crippen LogP contribution in [0.15, 0.2) is 30.3 Å². The summed E-state index contributed by atoms with van der Waals surface area (Å²) in [5, 5.41) is 1.12. The van der Waals surface area contributed by atoms with Crippen LogP contribution in [0.5, 0.6) is 11.5 Å². The van der Waals surface area contributed by atoms with Crippen molar-refractivity contribution in [2.45, 2.75) is 45.4 Å². The van der Waals surface area contributed by atoms with Crippen LogP contribution in [0, 0.1) is 5.82 Å². The minimum Gasteiger partial charge on any atom is -0.493 e. The third kappa shape index (κ3) is 4.03. The second-order valence-corrected chi connectivity index (χ2v) is 8.77. The van der Waals surface area contributed by atoms with E-state index in [1.165, 1.54) is 5.56 Å². The number of H-pyrrole nitrogens is 1. The molecular formula is C26H33FN2O2. The fourth-order valence-corrected chi connectivity index (χ4v) is 4.95. The summed E-state index contributed by atoms with van der Waals surface area (Å²) in [5.41, 5.74) is 4.96. The summed E-state index contributed by atoms with van der Waals surface area (Å²) in [6, 6.07) is 9.71. The minimum absolute atomic E-state index is 0.0992. The predicted molar refractivity (Wildman–Crippen MR) is 125 cm³/mol. The van der Waals surface area contributed by atoms with Gasteiger partial charge in [0.15, 0.2) is 11.5 Å². The van der Waals surface area contributed by atoms with Crippen LogP contribution in [0.2, 0.25) is 0 Å². The summed E-state index contributed by atoms with van der Waals surface area (Å²) in [7, 11) is 3.27. The summed E-state index contributed by atoms with van der Waals surface area (Å²) in [6.45, 7) is 9.72. The second kappa shape index (κ2) is 8.91. The van der Waals surface area contributed by atoms with Gasteiger partial charge in [0.25, 0.3) is 0 Å². The SMILES string of the molecule is CCN1CCC(c2cc3c(C(C)C)c(-c4ccc(OC)c(OC)c4)[nH]c3cc2F)CC1. The molecule has 31 heavy (non-hydrogen) atoms. The van der Waals surface area contributed by atoms with Crippen LogP contribution < -0.4 is 9.47 Å². The number of methoxy groups -OCH3 is 2. The largest absolute Gasteiger partial charge is 0.493 e. The van der Waals surface area contributed by atoms with Crippen molar-refractivity contribution in [3.05, 3.63) is 47.3 Å². The van der Waals surface area contributed by atoms with Crippen molar-refractivity contribution in [3.8, 4) is 22.8 Å². The molecule has 1 aromatic heterocycles. The molecule has 2 heterocycles. The Labute approximate surface area is 184 Å². The molecule has 3 aromatic rings. The monoisotopic (exact) mass is 424 g/mol. The number of aromatic amines is 1. The van der Waals surface area contributed by atoms with Crippen molar-refractivity contribution in [3.63, 3.8) is 0 Å². The maximum atomic E-state index is 15.2. The number of ether oxygens (including phenoxy) is 2. The zero-order valence-corrected chi connectivity index (χ0v) is 19.2. The van der Waals surface area contributed by atoms with E-state index in [0.717, 1.165) is 60.2 Å². The topological polar surface area (TPSA) is 37.5 Å². The molecule has 1 fully saturated rings. The van der Waals surface area contributed by atoms with Crippen LogP contribution in [-0.4, -0.2) is 43.7 Å². The molecule has 0 radical (unpaired) electrons. The minimum atomic E-state index is -0.0992. The van der Waals surface area contributed by atoms with Crippen molar-refractivity contribution in [1.29, 1.82) is 0 Å². The number of nitrogens with one attached hydrogen (secondary N) is 1. The summed E-state index contributed by atoms with van der Waals surface area (Å²) in [6.07, 6.45) is 2.03. The molecule has 0 bridgehead atoms. The molecule has 1 saturated heterocycles. The van der Waals surface area contributed by atoms with Gasteiger partial charge in [-0.15, -0.1) is 0 Å². The molecule has 0 amide bonds. The Bertz CT molecular complexity index is 1060. The third-order valence-corrected chi connectivity index (χ3v) is 6.68. The van der Waals surface area contributed by atoms with E-state index in [9.17, 15) is 0 Å². The number of rotatable bonds is 6. The molecule has 166 valence electrons. The average Bonchev–Trinajstić information content (AvgIpc) is 3.16. The van der Waals surface area contributed by atoms with E-state index < -0.39 is 0 Å². The smallest absolute Gasteiger partial charge is 0.161 e. The fourth-order valence-electron chi connectivity index (χ4n) is 4.95. The number of likely N-dealkylation sites (tertiary alicyclic amines) is 1. The maximum absolute atomic E-state index is 15.2. The van der Waals surface area contributed by atoms with Gasteiger partial charge in [0.2, 0.25) is 0 Å². The van der Waals surface area contributed by atoms with E-state index in [0.29, 0.717) is 11.5 Å². The number of piperidine rings is 1. The molecule has 2 aromatic carbocycles. The number of hydrogen-bond acceptors (Lipinski definition) is 3. The highest BCUT2D eigenvalue weighted by molar-refractivity contribution is 5.92. The molecule has 4 rings (SSSR count). The Balaban J connectivity index is 1.81. The summed E-state index contributed by atoms with van der Waals surface area (Å²) in [4.78, 5) is 5.94. The van der Waals surface area contributed by atoms with E-state index in [4.69, 9.17) is 9.47 Å². The molecule has 1 aliphatic rings. The van der Waals surface area contributed by atoms with E-state index in [1.807, 2.05) is 18.2 Å². The molecule has 0 aliphatic carbocycles. The molecule has 0 atom stereocenters. The fraction of sp³-hybridized carbons (Fsp3) is 0.462. The third-order valence-electron chi connectivity index (χ3n) is 6.68. The molecule has 0 spiro atoms. The Hall–Kier alpha value is -2.53. The zero-order valence-electron chi connectivity index (χ0n) is 19.2. The van der Waals surface area contributed by atoms with Crippen molar-refractivity contribution in [2.75, 3.05) is 33.9 Å². The first-order chi connectivity index (χ1) is 15.0. The lowest BCUT2D eigenvalue weighted by Gasteiger charge is -2.31. The Kier molecular flexibility index (Phi) is 6.24. The lowest BCUT2D eigenvalue weighted by atomic mass is 9.87. The second-order valence-electron chi connectivity index (χ2n) is 8.77. The van der Waals surface area contributed by atoms with Crippen molar-refractivity contribution >= 4 is 10.9 Å². The predicted octanol–water partition coefficient (Wildman–Crippen LogP) is 6.31. The van der Waals surface area contributed by atoms with Crippen molar-refractivity contribution in [1.82, 2.24) is 9.88 Å². The van der Waals surface area contributed by atoms with Crippen molar-refractivity contribution < 1.29 is 13.9 Å². The van der Waals surface area contributed by atoms with Crippen molar-refractivity contribution in [2.24, 2.45) is 0 Å². The number of halogens is 1. The van der Waals surface area contributed by atoms with Crippen LogP contribution >= 0.6 is 0 Å². The lowest BCUT2D eigenvalue weighted by molar-refractivity contribution is 0.221. The Morgan fingerprint density at radius 3 is 2.39 bits per heavy atom.